The number of nitrogens with zero attached hydrogens (tertiary/aromatic N) is 1. The van der Waals surface area contributed by atoms with Crippen LogP contribution in [0.4, 0.5) is 4.79 Å². The minimum absolute atomic E-state index is 0.00222. The van der Waals surface area contributed by atoms with Crippen LogP contribution in [0.2, 0.25) is 0 Å². The SMILES string of the molecule is O=C(O)CC1(CNC(=O)NCC(=O)N2CCCC2)CCC1. The van der Waals surface area contributed by atoms with E-state index >= 15 is 0 Å². The Balaban J connectivity index is 1.67. The number of nitrogens with one attached hydrogen (secondary N) is 2. The topological polar surface area (TPSA) is 98.7 Å². The van der Waals surface area contributed by atoms with Gasteiger partial charge in [-0.15, -0.1) is 0 Å². The van der Waals surface area contributed by atoms with Crippen molar-refractivity contribution in [2.45, 2.75) is 38.5 Å². The van der Waals surface area contributed by atoms with Crippen LogP contribution in [0.25, 0.3) is 0 Å². The average molecular weight is 297 g/mol. The molecule has 1 saturated carbocycles. The van der Waals surface area contributed by atoms with Crippen molar-refractivity contribution in [2.24, 2.45) is 5.41 Å². The van der Waals surface area contributed by atoms with Gasteiger partial charge < -0.3 is 20.6 Å². The number of hydrogen-bond acceptors (Lipinski definition) is 3. The second kappa shape index (κ2) is 6.78. The molecule has 3 N–H and O–H groups in total. The van der Waals surface area contributed by atoms with Crippen molar-refractivity contribution in [3.8, 4) is 0 Å². The summed E-state index contributed by atoms with van der Waals surface area (Å²) in [7, 11) is 0. The molecule has 0 spiro atoms. The van der Waals surface area contributed by atoms with Crippen molar-refractivity contribution < 1.29 is 19.5 Å². The van der Waals surface area contributed by atoms with Crippen LogP contribution >= 0.6 is 0 Å². The van der Waals surface area contributed by atoms with Crippen molar-refractivity contribution in [1.29, 1.82) is 0 Å². The summed E-state index contributed by atoms with van der Waals surface area (Å²) in [5, 5.41) is 14.1. The lowest BCUT2D eigenvalue weighted by atomic mass is 9.66. The molecule has 2 rings (SSSR count). The Hall–Kier alpha value is -1.79. The molecule has 0 bridgehead atoms. The number of rotatable bonds is 6. The minimum atomic E-state index is -0.832. The van der Waals surface area contributed by atoms with E-state index in [4.69, 9.17) is 5.11 Å². The third kappa shape index (κ3) is 4.34. The van der Waals surface area contributed by atoms with E-state index < -0.39 is 12.0 Å². The van der Waals surface area contributed by atoms with Crippen LogP contribution in [0.3, 0.4) is 0 Å². The van der Waals surface area contributed by atoms with Gasteiger partial charge in [0.15, 0.2) is 0 Å². The molecular formula is C14H23N3O4. The number of hydrogen-bond donors (Lipinski definition) is 3. The van der Waals surface area contributed by atoms with E-state index in [1.54, 1.807) is 4.90 Å². The molecule has 1 heterocycles. The van der Waals surface area contributed by atoms with Gasteiger partial charge in [0.2, 0.25) is 5.91 Å². The Morgan fingerprint density at radius 2 is 1.71 bits per heavy atom. The van der Waals surface area contributed by atoms with E-state index in [9.17, 15) is 14.4 Å². The molecule has 2 fully saturated rings. The molecule has 0 radical (unpaired) electrons. The zero-order chi connectivity index (χ0) is 15.3. The Labute approximate surface area is 124 Å². The molecule has 0 aromatic carbocycles. The van der Waals surface area contributed by atoms with E-state index in [0.29, 0.717) is 6.54 Å². The molecular weight excluding hydrogens is 274 g/mol. The summed E-state index contributed by atoms with van der Waals surface area (Å²) in [5.41, 5.74) is -0.303. The summed E-state index contributed by atoms with van der Waals surface area (Å²) in [6.45, 7) is 1.88. The average Bonchev–Trinajstić information content (AvgIpc) is 2.92. The highest BCUT2D eigenvalue weighted by Gasteiger charge is 2.39. The van der Waals surface area contributed by atoms with E-state index in [1.807, 2.05) is 0 Å². The molecule has 3 amide bonds. The molecule has 7 heteroatoms. The molecule has 0 aromatic rings. The number of aliphatic carboxylic acids is 1. The van der Waals surface area contributed by atoms with Crippen LogP contribution in [-0.4, -0.2) is 54.1 Å². The van der Waals surface area contributed by atoms with Gasteiger partial charge in [0, 0.05) is 19.6 Å². The number of amides is 3. The molecule has 1 aliphatic heterocycles. The molecule has 118 valence electrons. The first-order valence-electron chi connectivity index (χ1n) is 7.52. The second-order valence-corrected chi connectivity index (χ2v) is 6.05. The summed E-state index contributed by atoms with van der Waals surface area (Å²) in [4.78, 5) is 36.0. The molecule has 2 aliphatic rings. The largest absolute Gasteiger partial charge is 0.481 e. The number of carbonyl (C=O) groups is 3. The van der Waals surface area contributed by atoms with Crippen LogP contribution in [0, 0.1) is 5.41 Å². The standard InChI is InChI=1S/C14H23N3O4/c18-11(17-6-1-2-7-17)9-15-13(21)16-10-14(4-3-5-14)8-12(19)20/h1-10H2,(H,19,20)(H2,15,16,21). The van der Waals surface area contributed by atoms with E-state index in [-0.39, 0.29) is 24.3 Å². The lowest BCUT2D eigenvalue weighted by Crippen LogP contribution is -2.48. The fraction of sp³-hybridized carbons (Fsp3) is 0.786. The zero-order valence-electron chi connectivity index (χ0n) is 12.2. The lowest BCUT2D eigenvalue weighted by molar-refractivity contribution is -0.141. The fourth-order valence-corrected chi connectivity index (χ4v) is 2.98. The van der Waals surface area contributed by atoms with Crippen LogP contribution < -0.4 is 10.6 Å². The number of carboxylic acid groups (broad SMARTS) is 1. The maximum Gasteiger partial charge on any atom is 0.315 e. The van der Waals surface area contributed by atoms with Crippen LogP contribution in [0.1, 0.15) is 38.5 Å². The molecule has 1 saturated heterocycles. The smallest absolute Gasteiger partial charge is 0.315 e. The van der Waals surface area contributed by atoms with Gasteiger partial charge in [0.1, 0.15) is 0 Å². The summed E-state index contributed by atoms with van der Waals surface area (Å²) < 4.78 is 0. The van der Waals surface area contributed by atoms with Gasteiger partial charge in [-0.1, -0.05) is 6.42 Å². The van der Waals surface area contributed by atoms with Crippen LogP contribution in [-0.2, 0) is 9.59 Å². The first-order chi connectivity index (χ1) is 10.0. The third-order valence-electron chi connectivity index (χ3n) is 4.42. The van der Waals surface area contributed by atoms with Crippen molar-refractivity contribution in [3.05, 3.63) is 0 Å². The molecule has 0 unspecified atom stereocenters. The first-order valence-corrected chi connectivity index (χ1v) is 7.52. The zero-order valence-corrected chi connectivity index (χ0v) is 12.2. The van der Waals surface area contributed by atoms with Crippen molar-refractivity contribution in [1.82, 2.24) is 15.5 Å². The number of carbonyl (C=O) groups excluding carboxylic acids is 2. The van der Waals surface area contributed by atoms with E-state index in [1.165, 1.54) is 0 Å². The van der Waals surface area contributed by atoms with Gasteiger partial charge >= 0.3 is 12.0 Å². The molecule has 7 nitrogen and oxygen atoms in total. The Morgan fingerprint density at radius 1 is 1.05 bits per heavy atom. The highest BCUT2D eigenvalue weighted by molar-refractivity contribution is 5.84. The summed E-state index contributed by atoms with van der Waals surface area (Å²) in [5.74, 6) is -0.896. The van der Waals surface area contributed by atoms with Gasteiger partial charge in [-0.05, 0) is 31.1 Å². The second-order valence-electron chi connectivity index (χ2n) is 6.05. The number of urea groups is 1. The summed E-state index contributed by atoms with van der Waals surface area (Å²) >= 11 is 0. The molecule has 0 atom stereocenters. The molecule has 1 aliphatic carbocycles. The summed E-state index contributed by atoms with van der Waals surface area (Å²) in [6.07, 6.45) is 4.79. The highest BCUT2D eigenvalue weighted by atomic mass is 16.4. The Bertz CT molecular complexity index is 414. The van der Waals surface area contributed by atoms with Crippen molar-refractivity contribution in [3.63, 3.8) is 0 Å². The Morgan fingerprint density at radius 3 is 2.24 bits per heavy atom. The predicted octanol–water partition coefficient (Wildman–Crippen LogP) is 0.553. The maximum absolute atomic E-state index is 11.8. The lowest BCUT2D eigenvalue weighted by Gasteiger charge is -2.40. The maximum atomic E-state index is 11.8. The third-order valence-corrected chi connectivity index (χ3v) is 4.42. The minimum Gasteiger partial charge on any atom is -0.481 e. The van der Waals surface area contributed by atoms with E-state index in [0.717, 1.165) is 45.2 Å². The molecule has 0 aromatic heterocycles. The normalized spacial score (nSPS) is 19.7. The molecule has 21 heavy (non-hydrogen) atoms. The summed E-state index contributed by atoms with van der Waals surface area (Å²) in [6, 6.07) is -0.404. The van der Waals surface area contributed by atoms with Gasteiger partial charge in [0.05, 0.1) is 13.0 Å². The van der Waals surface area contributed by atoms with Crippen molar-refractivity contribution in [2.75, 3.05) is 26.2 Å². The van der Waals surface area contributed by atoms with Crippen LogP contribution in [0.5, 0.6) is 0 Å². The quantitative estimate of drug-likeness (QED) is 0.667. The predicted molar refractivity (Wildman–Crippen MR) is 75.8 cm³/mol. The van der Waals surface area contributed by atoms with Gasteiger partial charge in [-0.2, -0.15) is 0 Å². The van der Waals surface area contributed by atoms with Gasteiger partial charge in [0.25, 0.3) is 0 Å². The number of likely N-dealkylation sites (tertiary alicyclic amines) is 1. The number of carboxylic acids is 1. The van der Waals surface area contributed by atoms with Crippen LogP contribution in [0.15, 0.2) is 0 Å². The Kier molecular flexibility index (Phi) is 5.03. The first kappa shape index (κ1) is 15.6. The fourth-order valence-electron chi connectivity index (χ4n) is 2.98. The monoisotopic (exact) mass is 297 g/mol. The van der Waals surface area contributed by atoms with Gasteiger partial charge in [-0.3, -0.25) is 9.59 Å². The van der Waals surface area contributed by atoms with E-state index in [2.05, 4.69) is 10.6 Å². The highest BCUT2D eigenvalue weighted by Crippen LogP contribution is 2.43. The van der Waals surface area contributed by atoms with Crippen molar-refractivity contribution >= 4 is 17.9 Å². The van der Waals surface area contributed by atoms with Gasteiger partial charge in [-0.25, -0.2) is 4.79 Å².